The van der Waals surface area contributed by atoms with Gasteiger partial charge in [0.1, 0.15) is 6.04 Å². The van der Waals surface area contributed by atoms with E-state index in [9.17, 15) is 4.79 Å². The molecular weight excluding hydrogens is 262 g/mol. The summed E-state index contributed by atoms with van der Waals surface area (Å²) in [5.74, 6) is -0.250. The van der Waals surface area contributed by atoms with Crippen LogP contribution in [-0.2, 0) is 10.2 Å². The van der Waals surface area contributed by atoms with Crippen molar-refractivity contribution in [1.29, 1.82) is 0 Å². The minimum atomic E-state index is -0.250. The number of hydrogen-bond donors (Lipinski definition) is 2. The maximum Gasteiger partial charge on any atom is 0.236 e. The molecule has 0 spiro atoms. The van der Waals surface area contributed by atoms with Gasteiger partial charge in [-0.25, -0.2) is 0 Å². The number of nitrogens with two attached hydrogens (primary N) is 1. The van der Waals surface area contributed by atoms with E-state index in [0.717, 1.165) is 13.1 Å². The SMILES string of the molecule is CC(c1ccc(C(C)(C)C)cc1)N1CCNCC1C(N)=O. The van der Waals surface area contributed by atoms with Gasteiger partial charge >= 0.3 is 0 Å². The number of hydrogen-bond acceptors (Lipinski definition) is 3. The maximum absolute atomic E-state index is 11.6. The standard InChI is InChI=1S/C17H27N3O/c1-12(20-10-9-19-11-15(20)16(18)21)13-5-7-14(8-6-13)17(2,3)4/h5-8,12,15,19H,9-11H2,1-4H3,(H2,18,21). The first-order chi connectivity index (χ1) is 9.80. The molecule has 0 radical (unpaired) electrons. The van der Waals surface area contributed by atoms with Crippen LogP contribution >= 0.6 is 0 Å². The third-order valence-electron chi connectivity index (χ3n) is 4.37. The van der Waals surface area contributed by atoms with Crippen molar-refractivity contribution in [3.05, 3.63) is 35.4 Å². The Morgan fingerprint density at radius 3 is 2.48 bits per heavy atom. The van der Waals surface area contributed by atoms with Crippen LogP contribution in [0, 0.1) is 0 Å². The van der Waals surface area contributed by atoms with Crippen molar-refractivity contribution in [2.45, 2.75) is 45.2 Å². The number of nitrogens with zero attached hydrogens (tertiary/aromatic N) is 1. The van der Waals surface area contributed by atoms with Gasteiger partial charge < -0.3 is 11.1 Å². The van der Waals surface area contributed by atoms with Crippen LogP contribution in [0.1, 0.15) is 44.9 Å². The summed E-state index contributed by atoms with van der Waals surface area (Å²) in [6.07, 6.45) is 0. The molecule has 4 heteroatoms. The van der Waals surface area contributed by atoms with Gasteiger partial charge in [-0.1, -0.05) is 45.0 Å². The number of nitrogens with one attached hydrogen (secondary N) is 1. The molecule has 21 heavy (non-hydrogen) atoms. The summed E-state index contributed by atoms with van der Waals surface area (Å²) in [6, 6.07) is 8.69. The molecule has 1 amide bonds. The van der Waals surface area contributed by atoms with Gasteiger partial charge in [0.25, 0.3) is 0 Å². The van der Waals surface area contributed by atoms with E-state index in [1.54, 1.807) is 0 Å². The highest BCUT2D eigenvalue weighted by Gasteiger charge is 2.30. The molecule has 1 fully saturated rings. The van der Waals surface area contributed by atoms with Crippen molar-refractivity contribution < 1.29 is 4.79 Å². The number of carbonyl (C=O) groups is 1. The van der Waals surface area contributed by atoms with Crippen molar-refractivity contribution in [2.75, 3.05) is 19.6 Å². The first kappa shape index (κ1) is 16.0. The third kappa shape index (κ3) is 3.63. The lowest BCUT2D eigenvalue weighted by molar-refractivity contribution is -0.124. The van der Waals surface area contributed by atoms with Gasteiger partial charge in [-0.2, -0.15) is 0 Å². The number of carbonyl (C=O) groups excluding carboxylic acids is 1. The van der Waals surface area contributed by atoms with Crippen molar-refractivity contribution in [3.8, 4) is 0 Å². The van der Waals surface area contributed by atoms with Crippen LogP contribution < -0.4 is 11.1 Å². The normalized spacial score (nSPS) is 22.0. The van der Waals surface area contributed by atoms with Crippen molar-refractivity contribution in [3.63, 3.8) is 0 Å². The average Bonchev–Trinajstić information content (AvgIpc) is 2.45. The lowest BCUT2D eigenvalue weighted by Crippen LogP contribution is -2.57. The Hall–Kier alpha value is -1.39. The van der Waals surface area contributed by atoms with Crippen LogP contribution in [0.3, 0.4) is 0 Å². The Labute approximate surface area is 127 Å². The van der Waals surface area contributed by atoms with Crippen molar-refractivity contribution in [1.82, 2.24) is 10.2 Å². The van der Waals surface area contributed by atoms with E-state index < -0.39 is 0 Å². The number of rotatable bonds is 3. The smallest absolute Gasteiger partial charge is 0.236 e. The van der Waals surface area contributed by atoms with Gasteiger partial charge in [0.15, 0.2) is 0 Å². The molecule has 0 aliphatic carbocycles. The molecule has 4 nitrogen and oxygen atoms in total. The first-order valence-electron chi connectivity index (χ1n) is 7.67. The lowest BCUT2D eigenvalue weighted by Gasteiger charge is -2.38. The summed E-state index contributed by atoms with van der Waals surface area (Å²) >= 11 is 0. The van der Waals surface area contributed by atoms with Gasteiger partial charge in [-0.15, -0.1) is 0 Å². The summed E-state index contributed by atoms with van der Waals surface area (Å²) < 4.78 is 0. The van der Waals surface area contributed by atoms with Gasteiger partial charge in [0.05, 0.1) is 0 Å². The monoisotopic (exact) mass is 289 g/mol. The fourth-order valence-electron chi connectivity index (χ4n) is 2.90. The van der Waals surface area contributed by atoms with Gasteiger partial charge in [-0.05, 0) is 23.5 Å². The molecule has 1 saturated heterocycles. The molecule has 1 aliphatic heterocycles. The van der Waals surface area contributed by atoms with E-state index in [-0.39, 0.29) is 23.4 Å². The molecule has 0 bridgehead atoms. The zero-order valence-electron chi connectivity index (χ0n) is 13.5. The second kappa shape index (κ2) is 6.16. The predicted octanol–water partition coefficient (Wildman–Crippen LogP) is 1.80. The van der Waals surface area contributed by atoms with E-state index >= 15 is 0 Å². The minimum Gasteiger partial charge on any atom is -0.368 e. The molecule has 1 aliphatic rings. The molecule has 2 rings (SSSR count). The van der Waals surface area contributed by atoms with E-state index in [4.69, 9.17) is 5.73 Å². The molecule has 1 aromatic carbocycles. The summed E-state index contributed by atoms with van der Waals surface area (Å²) in [4.78, 5) is 13.8. The Kier molecular flexibility index (Phi) is 4.69. The van der Waals surface area contributed by atoms with Crippen LogP contribution in [0.4, 0.5) is 0 Å². The maximum atomic E-state index is 11.6. The highest BCUT2D eigenvalue weighted by molar-refractivity contribution is 5.80. The fourth-order valence-corrected chi connectivity index (χ4v) is 2.90. The molecule has 0 aromatic heterocycles. The van der Waals surface area contributed by atoms with Gasteiger partial charge in [-0.3, -0.25) is 9.69 Å². The second-order valence-electron chi connectivity index (χ2n) is 6.91. The highest BCUT2D eigenvalue weighted by atomic mass is 16.1. The lowest BCUT2D eigenvalue weighted by atomic mass is 9.86. The van der Waals surface area contributed by atoms with E-state index in [1.165, 1.54) is 11.1 Å². The number of piperazine rings is 1. The minimum absolute atomic E-state index is 0.159. The summed E-state index contributed by atoms with van der Waals surface area (Å²) in [5, 5.41) is 3.24. The molecule has 1 aromatic rings. The number of primary amides is 1. The topological polar surface area (TPSA) is 58.4 Å². The first-order valence-corrected chi connectivity index (χ1v) is 7.67. The van der Waals surface area contributed by atoms with Crippen molar-refractivity contribution in [2.24, 2.45) is 5.73 Å². The molecule has 116 valence electrons. The van der Waals surface area contributed by atoms with Crippen molar-refractivity contribution >= 4 is 5.91 Å². The van der Waals surface area contributed by atoms with Gasteiger partial charge in [0, 0.05) is 25.7 Å². The Bertz CT molecular complexity index is 490. The molecule has 1 heterocycles. The zero-order valence-corrected chi connectivity index (χ0v) is 13.5. The number of benzene rings is 1. The molecular formula is C17H27N3O. The fraction of sp³-hybridized carbons (Fsp3) is 0.588. The van der Waals surface area contributed by atoms with Crippen LogP contribution in [0.25, 0.3) is 0 Å². The summed E-state index contributed by atoms with van der Waals surface area (Å²) in [6.45, 7) is 11.2. The highest BCUT2D eigenvalue weighted by Crippen LogP contribution is 2.27. The summed E-state index contributed by atoms with van der Waals surface area (Å²) in [5.41, 5.74) is 8.25. The largest absolute Gasteiger partial charge is 0.368 e. The zero-order chi connectivity index (χ0) is 15.6. The summed E-state index contributed by atoms with van der Waals surface area (Å²) in [7, 11) is 0. The quantitative estimate of drug-likeness (QED) is 0.892. The van der Waals surface area contributed by atoms with Crippen LogP contribution in [-0.4, -0.2) is 36.5 Å². The van der Waals surface area contributed by atoms with Gasteiger partial charge in [0.2, 0.25) is 5.91 Å². The van der Waals surface area contributed by atoms with E-state index in [2.05, 4.69) is 62.2 Å². The average molecular weight is 289 g/mol. The predicted molar refractivity (Wildman–Crippen MR) is 86.1 cm³/mol. The molecule has 0 saturated carbocycles. The number of amides is 1. The molecule has 2 atom stereocenters. The second-order valence-corrected chi connectivity index (χ2v) is 6.91. The van der Waals surface area contributed by atoms with E-state index in [0.29, 0.717) is 6.54 Å². The Morgan fingerprint density at radius 2 is 1.95 bits per heavy atom. The van der Waals surface area contributed by atoms with Crippen LogP contribution in [0.2, 0.25) is 0 Å². The van der Waals surface area contributed by atoms with E-state index in [1.807, 2.05) is 0 Å². The van der Waals surface area contributed by atoms with Crippen LogP contribution in [0.15, 0.2) is 24.3 Å². The Morgan fingerprint density at radius 1 is 1.33 bits per heavy atom. The molecule has 2 unspecified atom stereocenters. The van der Waals surface area contributed by atoms with Crippen LogP contribution in [0.5, 0.6) is 0 Å². The third-order valence-corrected chi connectivity index (χ3v) is 4.37. The molecule has 3 N–H and O–H groups in total. The Balaban J connectivity index is 2.18.